The van der Waals surface area contributed by atoms with Gasteiger partial charge in [0.25, 0.3) is 17.5 Å². The number of carbonyl (C=O) groups excluding carboxylic acids is 2. The number of hydrogen-bond acceptors (Lipinski definition) is 8. The van der Waals surface area contributed by atoms with Crippen LogP contribution < -0.4 is 15.8 Å². The molecule has 0 saturated carbocycles. The van der Waals surface area contributed by atoms with Crippen LogP contribution in [-0.4, -0.2) is 21.7 Å². The molecule has 0 fully saturated rings. The molecule has 0 aliphatic heterocycles. The number of nitrogens with one attached hydrogen (secondary N) is 1. The molecule has 10 nitrogen and oxygen atoms in total. The average molecular weight is 555 g/mol. The van der Waals surface area contributed by atoms with E-state index < -0.39 is 28.6 Å². The largest absolute Gasteiger partial charge is 0.484 e. The highest BCUT2D eigenvalue weighted by Crippen LogP contribution is 2.40. The molecule has 3 N–H and O–H groups in total. The molecule has 4 rings (SSSR count). The number of thiophene rings is 1. The molecule has 0 aliphatic rings. The summed E-state index contributed by atoms with van der Waals surface area (Å²) in [4.78, 5) is 38.4. The number of amides is 2. The van der Waals surface area contributed by atoms with E-state index in [1.807, 2.05) is 0 Å². The first-order valence-electron chi connectivity index (χ1n) is 10.1. The Morgan fingerprint density at radius 2 is 2.00 bits per heavy atom. The molecule has 0 bridgehead atoms. The van der Waals surface area contributed by atoms with Crippen molar-refractivity contribution in [2.75, 3.05) is 5.32 Å². The predicted molar refractivity (Wildman–Crippen MR) is 127 cm³/mol. The van der Waals surface area contributed by atoms with Crippen LogP contribution in [0.1, 0.15) is 37.2 Å². The number of hydrogen-bond donors (Lipinski definition) is 2. The van der Waals surface area contributed by atoms with Crippen molar-refractivity contribution >= 4 is 56.3 Å². The fourth-order valence-electron chi connectivity index (χ4n) is 3.34. The molecule has 0 aliphatic carbocycles. The van der Waals surface area contributed by atoms with E-state index in [1.54, 1.807) is 0 Å². The Kier molecular flexibility index (Phi) is 6.80. The Balaban J connectivity index is 1.57. The van der Waals surface area contributed by atoms with Gasteiger partial charge in [-0.1, -0.05) is 11.6 Å². The number of aryl methyl sites for hydroxylation is 1. The second-order valence-electron chi connectivity index (χ2n) is 7.55. The molecule has 0 atom stereocenters. The number of pyridine rings is 1. The first-order chi connectivity index (χ1) is 17.3. The summed E-state index contributed by atoms with van der Waals surface area (Å²) in [5.74, 6) is -1.81. The number of primary amides is 1. The molecule has 37 heavy (non-hydrogen) atoms. The molecular weight excluding hydrogens is 541 g/mol. The third kappa shape index (κ3) is 5.34. The van der Waals surface area contributed by atoms with Crippen molar-refractivity contribution in [1.29, 1.82) is 0 Å². The summed E-state index contributed by atoms with van der Waals surface area (Å²) in [5.41, 5.74) is 4.04. The zero-order valence-corrected chi connectivity index (χ0v) is 20.1. The summed E-state index contributed by atoms with van der Waals surface area (Å²) in [7, 11) is 0. The lowest BCUT2D eigenvalue weighted by Gasteiger charge is -2.09. The van der Waals surface area contributed by atoms with E-state index in [-0.39, 0.29) is 60.9 Å². The Bertz CT molecular complexity index is 1570. The van der Waals surface area contributed by atoms with E-state index >= 15 is 0 Å². The zero-order valence-electron chi connectivity index (χ0n) is 18.5. The van der Waals surface area contributed by atoms with Gasteiger partial charge in [-0.25, -0.2) is 4.98 Å². The fraction of sp³-hybridized carbons (Fsp3) is 0.136. The lowest BCUT2D eigenvalue weighted by atomic mass is 10.1. The first kappa shape index (κ1) is 25.9. The smallest absolute Gasteiger partial charge is 0.433 e. The van der Waals surface area contributed by atoms with Crippen LogP contribution in [0, 0.1) is 17.0 Å². The van der Waals surface area contributed by atoms with Crippen LogP contribution in [-0.2, 0) is 12.8 Å². The van der Waals surface area contributed by atoms with Gasteiger partial charge in [0.1, 0.15) is 33.5 Å². The second kappa shape index (κ2) is 9.71. The maximum atomic E-state index is 13.2. The number of nitro benzene ring substituents is 1. The quantitative estimate of drug-likeness (QED) is 0.219. The monoisotopic (exact) mass is 554 g/mol. The highest BCUT2D eigenvalue weighted by Gasteiger charge is 2.34. The Hall–Kier alpha value is -4.17. The molecule has 1 aromatic carbocycles. The number of rotatable bonds is 7. The molecule has 4 aromatic rings. The first-order valence-corrected chi connectivity index (χ1v) is 11.3. The molecule has 0 radical (unpaired) electrons. The maximum Gasteiger partial charge on any atom is 0.433 e. The Morgan fingerprint density at radius 1 is 1.27 bits per heavy atom. The van der Waals surface area contributed by atoms with Crippen LogP contribution >= 0.6 is 22.9 Å². The third-order valence-electron chi connectivity index (χ3n) is 4.99. The maximum absolute atomic E-state index is 13.2. The summed E-state index contributed by atoms with van der Waals surface area (Å²) in [6.07, 6.45) is -4.71. The third-order valence-corrected chi connectivity index (χ3v) is 6.40. The number of benzene rings is 1. The SMILES string of the molecule is Cc1cc(C(F)(F)F)nc2sc(C(N)=O)c(NC(=O)c3ccc(COc4cc([N+](=O)[O-])ccc4Cl)o3)c12. The number of carbonyl (C=O) groups is 2. The molecule has 2 amide bonds. The predicted octanol–water partition coefficient (Wildman–Crippen LogP) is 5.71. The van der Waals surface area contributed by atoms with Gasteiger partial charge in [-0.05, 0) is 36.8 Å². The van der Waals surface area contributed by atoms with Crippen molar-refractivity contribution in [1.82, 2.24) is 4.98 Å². The van der Waals surface area contributed by atoms with Gasteiger partial charge < -0.3 is 20.2 Å². The topological polar surface area (TPSA) is 151 Å². The van der Waals surface area contributed by atoms with Gasteiger partial charge in [0.05, 0.1) is 21.7 Å². The molecule has 0 unspecified atom stereocenters. The lowest BCUT2D eigenvalue weighted by Crippen LogP contribution is -2.16. The summed E-state index contributed by atoms with van der Waals surface area (Å²) in [5, 5.41) is 13.7. The number of nitro groups is 1. The number of nitrogens with zero attached hydrogens (tertiary/aromatic N) is 2. The van der Waals surface area contributed by atoms with E-state index in [0.717, 1.165) is 12.1 Å². The van der Waals surface area contributed by atoms with Crippen LogP contribution in [0.25, 0.3) is 10.2 Å². The molecule has 3 heterocycles. The normalized spacial score (nSPS) is 11.5. The van der Waals surface area contributed by atoms with Gasteiger partial charge in [0.2, 0.25) is 0 Å². The number of furan rings is 1. The van der Waals surface area contributed by atoms with Crippen molar-refractivity contribution in [3.05, 3.63) is 79.2 Å². The standard InChI is InChI=1S/C22H14ClF3N4O6S/c1-9-6-15(22(24,25)26)28-21-16(9)17(18(37-21)19(27)31)29-20(32)13-5-3-11(36-13)8-35-14-7-10(30(33)34)2-4-12(14)23/h2-7H,8H2,1H3,(H2,27,31)(H,29,32). The van der Waals surface area contributed by atoms with Gasteiger partial charge in [-0.3, -0.25) is 19.7 Å². The molecule has 3 aromatic heterocycles. The van der Waals surface area contributed by atoms with Crippen LogP contribution in [0.5, 0.6) is 5.75 Å². The number of fused-ring (bicyclic) bond motifs is 1. The second-order valence-corrected chi connectivity index (χ2v) is 8.96. The van der Waals surface area contributed by atoms with Crippen LogP contribution in [0.15, 0.2) is 40.8 Å². The molecule has 192 valence electrons. The summed E-state index contributed by atoms with van der Waals surface area (Å²) in [6, 6.07) is 7.15. The van der Waals surface area contributed by atoms with Crippen molar-refractivity contribution in [3.8, 4) is 5.75 Å². The van der Waals surface area contributed by atoms with E-state index in [4.69, 9.17) is 26.5 Å². The Labute approximate surface area is 213 Å². The van der Waals surface area contributed by atoms with Gasteiger partial charge in [0.15, 0.2) is 5.76 Å². The number of anilines is 1. The minimum absolute atomic E-state index is 0.0234. The highest BCUT2D eigenvalue weighted by atomic mass is 35.5. The van der Waals surface area contributed by atoms with E-state index in [9.17, 15) is 32.9 Å². The number of ether oxygens (including phenoxy) is 1. The molecule has 0 spiro atoms. The van der Waals surface area contributed by atoms with E-state index in [0.29, 0.717) is 11.3 Å². The number of alkyl halides is 3. The molecule has 15 heteroatoms. The fourth-order valence-corrected chi connectivity index (χ4v) is 4.57. The van der Waals surface area contributed by atoms with Crippen molar-refractivity contribution in [2.24, 2.45) is 5.73 Å². The van der Waals surface area contributed by atoms with Gasteiger partial charge in [-0.15, -0.1) is 11.3 Å². The number of halogens is 4. The number of non-ortho nitro benzene ring substituents is 1. The minimum atomic E-state index is -4.71. The summed E-state index contributed by atoms with van der Waals surface area (Å²) >= 11 is 6.61. The zero-order chi connectivity index (χ0) is 27.1. The lowest BCUT2D eigenvalue weighted by molar-refractivity contribution is -0.384. The summed E-state index contributed by atoms with van der Waals surface area (Å²) in [6.45, 7) is 1.15. The van der Waals surface area contributed by atoms with E-state index in [2.05, 4.69) is 10.3 Å². The number of aromatic nitrogens is 1. The van der Waals surface area contributed by atoms with E-state index in [1.165, 1.54) is 31.2 Å². The minimum Gasteiger partial charge on any atom is -0.484 e. The summed E-state index contributed by atoms with van der Waals surface area (Å²) < 4.78 is 50.4. The van der Waals surface area contributed by atoms with Crippen molar-refractivity contribution in [3.63, 3.8) is 0 Å². The van der Waals surface area contributed by atoms with Gasteiger partial charge >= 0.3 is 6.18 Å². The highest BCUT2D eigenvalue weighted by molar-refractivity contribution is 7.21. The number of nitrogens with two attached hydrogens (primary N) is 1. The van der Waals surface area contributed by atoms with Gasteiger partial charge in [-0.2, -0.15) is 13.2 Å². The Morgan fingerprint density at radius 3 is 2.65 bits per heavy atom. The molecule has 0 saturated heterocycles. The van der Waals surface area contributed by atoms with Crippen LogP contribution in [0.4, 0.5) is 24.5 Å². The van der Waals surface area contributed by atoms with Crippen LogP contribution in [0.2, 0.25) is 5.02 Å². The average Bonchev–Trinajstić information content (AvgIpc) is 3.43. The van der Waals surface area contributed by atoms with Crippen molar-refractivity contribution < 1.29 is 36.8 Å². The van der Waals surface area contributed by atoms with Crippen LogP contribution in [0.3, 0.4) is 0 Å². The van der Waals surface area contributed by atoms with Crippen molar-refractivity contribution in [2.45, 2.75) is 19.7 Å². The molecular formula is C22H14ClF3N4O6S. The van der Waals surface area contributed by atoms with Gasteiger partial charge in [0, 0.05) is 11.5 Å².